The summed E-state index contributed by atoms with van der Waals surface area (Å²) in [5.41, 5.74) is 1.11. The molecule has 1 aromatic heterocycles. The molecule has 90 valence electrons. The topological polar surface area (TPSA) is 36.3 Å². The Hall–Kier alpha value is -1.07. The van der Waals surface area contributed by atoms with Crippen LogP contribution in [0.1, 0.15) is 0 Å². The number of hydrogen-bond donors (Lipinski definition) is 1. The van der Waals surface area contributed by atoms with Gasteiger partial charge in [0.2, 0.25) is 0 Å². The lowest BCUT2D eigenvalue weighted by Crippen LogP contribution is -2.45. The third kappa shape index (κ3) is 3.21. The van der Waals surface area contributed by atoms with Crippen LogP contribution in [0.5, 0.6) is 0 Å². The third-order valence-corrected chi connectivity index (χ3v) is 3.06. The molecule has 0 saturated carbocycles. The molecule has 2 rings (SSSR count). The van der Waals surface area contributed by atoms with Gasteiger partial charge in [-0.05, 0) is 7.05 Å². The van der Waals surface area contributed by atoms with E-state index in [1.165, 1.54) is 26.2 Å². The molecule has 1 aliphatic heterocycles. The van der Waals surface area contributed by atoms with Crippen LogP contribution in [0.15, 0.2) is 12.4 Å². The zero-order chi connectivity index (χ0) is 11.4. The van der Waals surface area contributed by atoms with Crippen LogP contribution in [0.25, 0.3) is 0 Å². The van der Waals surface area contributed by atoms with Crippen LogP contribution < -0.4 is 5.32 Å². The standard InChI is InChI=1S/C11H21N5/c1-14-5-7-16(8-6-14)4-3-12-11-9-13-15(2)10-11/h9-10,12H,3-8H2,1-2H3. The molecule has 5 heteroatoms. The molecule has 0 unspecified atom stereocenters. The molecular weight excluding hydrogens is 202 g/mol. The van der Waals surface area contributed by atoms with Gasteiger partial charge in [-0.3, -0.25) is 9.58 Å². The van der Waals surface area contributed by atoms with E-state index in [9.17, 15) is 0 Å². The Morgan fingerprint density at radius 3 is 2.62 bits per heavy atom. The first kappa shape index (κ1) is 11.4. The van der Waals surface area contributed by atoms with Gasteiger partial charge in [-0.1, -0.05) is 0 Å². The van der Waals surface area contributed by atoms with Crippen molar-refractivity contribution < 1.29 is 0 Å². The number of nitrogens with zero attached hydrogens (tertiary/aromatic N) is 4. The van der Waals surface area contributed by atoms with Gasteiger partial charge < -0.3 is 10.2 Å². The van der Waals surface area contributed by atoms with Crippen LogP contribution in [-0.4, -0.2) is 65.9 Å². The second kappa shape index (κ2) is 5.32. The molecule has 0 aliphatic carbocycles. The predicted octanol–water partition coefficient (Wildman–Crippen LogP) is 0.0794. The van der Waals surface area contributed by atoms with Crippen LogP contribution >= 0.6 is 0 Å². The van der Waals surface area contributed by atoms with Crippen molar-refractivity contribution in [2.24, 2.45) is 7.05 Å². The Balaban J connectivity index is 1.64. The van der Waals surface area contributed by atoms with E-state index in [0.717, 1.165) is 18.8 Å². The number of hydrogen-bond acceptors (Lipinski definition) is 4. The van der Waals surface area contributed by atoms with Crippen molar-refractivity contribution in [3.8, 4) is 0 Å². The van der Waals surface area contributed by atoms with E-state index in [0.29, 0.717) is 0 Å². The second-order valence-electron chi connectivity index (χ2n) is 4.47. The number of aryl methyl sites for hydroxylation is 1. The number of aromatic nitrogens is 2. The Labute approximate surface area is 97.0 Å². The first-order chi connectivity index (χ1) is 7.74. The maximum Gasteiger partial charge on any atom is 0.0726 e. The van der Waals surface area contributed by atoms with Crippen molar-refractivity contribution in [3.63, 3.8) is 0 Å². The highest BCUT2D eigenvalue weighted by atomic mass is 15.3. The first-order valence-electron chi connectivity index (χ1n) is 5.87. The quantitative estimate of drug-likeness (QED) is 0.784. The number of piperazine rings is 1. The predicted molar refractivity (Wildman–Crippen MR) is 65.6 cm³/mol. The Morgan fingerprint density at radius 2 is 2.00 bits per heavy atom. The van der Waals surface area contributed by atoms with Crippen LogP contribution in [0.2, 0.25) is 0 Å². The number of anilines is 1. The smallest absolute Gasteiger partial charge is 0.0726 e. The van der Waals surface area contributed by atoms with E-state index in [1.54, 1.807) is 0 Å². The van der Waals surface area contributed by atoms with E-state index in [-0.39, 0.29) is 0 Å². The highest BCUT2D eigenvalue weighted by Crippen LogP contribution is 2.03. The number of nitrogens with one attached hydrogen (secondary N) is 1. The maximum atomic E-state index is 4.13. The van der Waals surface area contributed by atoms with Gasteiger partial charge in [-0.2, -0.15) is 5.10 Å². The molecule has 0 bridgehead atoms. The second-order valence-corrected chi connectivity index (χ2v) is 4.47. The molecule has 1 N–H and O–H groups in total. The normalized spacial score (nSPS) is 18.9. The van der Waals surface area contributed by atoms with E-state index in [2.05, 4.69) is 27.3 Å². The van der Waals surface area contributed by atoms with Crippen molar-refractivity contribution in [3.05, 3.63) is 12.4 Å². The minimum atomic E-state index is 0.995. The molecule has 5 nitrogen and oxygen atoms in total. The monoisotopic (exact) mass is 223 g/mol. The van der Waals surface area contributed by atoms with Crippen LogP contribution in [0.3, 0.4) is 0 Å². The highest BCUT2D eigenvalue weighted by Gasteiger charge is 2.12. The van der Waals surface area contributed by atoms with E-state index in [1.807, 2.05) is 24.1 Å². The summed E-state index contributed by atoms with van der Waals surface area (Å²) < 4.78 is 1.82. The van der Waals surface area contributed by atoms with Crippen molar-refractivity contribution in [2.45, 2.75) is 0 Å². The van der Waals surface area contributed by atoms with Crippen molar-refractivity contribution >= 4 is 5.69 Å². The zero-order valence-corrected chi connectivity index (χ0v) is 10.2. The Kier molecular flexibility index (Phi) is 3.79. The van der Waals surface area contributed by atoms with E-state index >= 15 is 0 Å². The summed E-state index contributed by atoms with van der Waals surface area (Å²) in [5, 5.41) is 7.51. The van der Waals surface area contributed by atoms with Gasteiger partial charge in [0.15, 0.2) is 0 Å². The van der Waals surface area contributed by atoms with Crippen LogP contribution in [0, 0.1) is 0 Å². The van der Waals surface area contributed by atoms with Crippen molar-refractivity contribution in [1.29, 1.82) is 0 Å². The molecule has 0 radical (unpaired) electrons. The lowest BCUT2D eigenvalue weighted by Gasteiger charge is -2.32. The number of likely N-dealkylation sites (N-methyl/N-ethyl adjacent to an activating group) is 1. The van der Waals surface area contributed by atoms with E-state index in [4.69, 9.17) is 0 Å². The van der Waals surface area contributed by atoms with Crippen LogP contribution in [-0.2, 0) is 7.05 Å². The Morgan fingerprint density at radius 1 is 1.25 bits per heavy atom. The summed E-state index contributed by atoms with van der Waals surface area (Å²) in [4.78, 5) is 4.88. The van der Waals surface area contributed by atoms with E-state index < -0.39 is 0 Å². The molecule has 1 saturated heterocycles. The molecule has 1 aliphatic rings. The Bertz CT molecular complexity index is 314. The van der Waals surface area contributed by atoms with Gasteiger partial charge in [-0.15, -0.1) is 0 Å². The summed E-state index contributed by atoms with van der Waals surface area (Å²) in [6, 6.07) is 0. The maximum absolute atomic E-state index is 4.13. The molecule has 0 amide bonds. The first-order valence-corrected chi connectivity index (χ1v) is 5.87. The van der Waals surface area contributed by atoms with Crippen molar-refractivity contribution in [2.75, 3.05) is 51.6 Å². The lowest BCUT2D eigenvalue weighted by molar-refractivity contribution is 0.158. The molecular formula is C11H21N5. The van der Waals surface area contributed by atoms with Crippen molar-refractivity contribution in [1.82, 2.24) is 19.6 Å². The minimum absolute atomic E-state index is 0.995. The molecule has 2 heterocycles. The largest absolute Gasteiger partial charge is 0.381 e. The van der Waals surface area contributed by atoms with Gasteiger partial charge in [0.25, 0.3) is 0 Å². The third-order valence-electron chi connectivity index (χ3n) is 3.06. The summed E-state index contributed by atoms with van der Waals surface area (Å²) >= 11 is 0. The molecule has 1 fully saturated rings. The van der Waals surface area contributed by atoms with Gasteiger partial charge in [-0.25, -0.2) is 0 Å². The summed E-state index contributed by atoms with van der Waals surface area (Å²) in [6.07, 6.45) is 3.87. The molecule has 0 spiro atoms. The molecule has 16 heavy (non-hydrogen) atoms. The van der Waals surface area contributed by atoms with Gasteiger partial charge >= 0.3 is 0 Å². The SMILES string of the molecule is CN1CCN(CCNc2cnn(C)c2)CC1. The fraction of sp³-hybridized carbons (Fsp3) is 0.727. The lowest BCUT2D eigenvalue weighted by atomic mass is 10.3. The molecule has 0 atom stereocenters. The summed E-state index contributed by atoms with van der Waals surface area (Å²) in [5.74, 6) is 0. The summed E-state index contributed by atoms with van der Waals surface area (Å²) in [7, 11) is 4.12. The highest BCUT2D eigenvalue weighted by molar-refractivity contribution is 5.37. The van der Waals surface area contributed by atoms with Gasteiger partial charge in [0, 0.05) is 52.5 Å². The summed E-state index contributed by atoms with van der Waals surface area (Å²) in [6.45, 7) is 6.86. The number of rotatable bonds is 4. The fourth-order valence-electron chi connectivity index (χ4n) is 1.94. The average molecular weight is 223 g/mol. The molecule has 1 aromatic rings. The van der Waals surface area contributed by atoms with Gasteiger partial charge in [0.1, 0.15) is 0 Å². The fourth-order valence-corrected chi connectivity index (χ4v) is 1.94. The van der Waals surface area contributed by atoms with Crippen LogP contribution in [0.4, 0.5) is 5.69 Å². The average Bonchev–Trinajstić information content (AvgIpc) is 2.67. The zero-order valence-electron chi connectivity index (χ0n) is 10.2. The molecule has 0 aromatic carbocycles. The van der Waals surface area contributed by atoms with Gasteiger partial charge in [0.05, 0.1) is 11.9 Å². The minimum Gasteiger partial charge on any atom is -0.381 e.